The standard InChI is InChI=1S/C26H29N3O7/c1-26(2,3)36-25(30)28-13-10-19(11-14-28)35-24-16-21-20(15-23(24)33-4)22(9-12-27-21)34-18-7-5-17(6-8-18)29(31)32/h5-9,12,15-16,19H,10-11,13-14H2,1-4H3. The first kappa shape index (κ1) is 25.0. The minimum atomic E-state index is -0.531. The number of ether oxygens (including phenoxy) is 4. The van der Waals surface area contributed by atoms with Crippen LogP contribution in [0.1, 0.15) is 33.6 Å². The van der Waals surface area contributed by atoms with E-state index in [0.29, 0.717) is 59.8 Å². The fourth-order valence-corrected chi connectivity index (χ4v) is 3.89. The van der Waals surface area contributed by atoms with Gasteiger partial charge in [0.25, 0.3) is 5.69 Å². The number of piperidine rings is 1. The summed E-state index contributed by atoms with van der Waals surface area (Å²) in [6.45, 7) is 6.64. The molecule has 4 rings (SSSR count). The summed E-state index contributed by atoms with van der Waals surface area (Å²) >= 11 is 0. The number of hydrogen-bond donors (Lipinski definition) is 0. The number of hydrogen-bond acceptors (Lipinski definition) is 8. The van der Waals surface area contributed by atoms with Crippen molar-refractivity contribution in [2.45, 2.75) is 45.3 Å². The number of likely N-dealkylation sites (tertiary alicyclic amines) is 1. The molecule has 0 bridgehead atoms. The van der Waals surface area contributed by atoms with E-state index in [0.717, 1.165) is 0 Å². The van der Waals surface area contributed by atoms with Crippen LogP contribution in [0.5, 0.6) is 23.0 Å². The highest BCUT2D eigenvalue weighted by Crippen LogP contribution is 2.38. The highest BCUT2D eigenvalue weighted by atomic mass is 16.6. The summed E-state index contributed by atoms with van der Waals surface area (Å²) in [5.74, 6) is 2.08. The van der Waals surface area contributed by atoms with Gasteiger partial charge in [0.05, 0.1) is 17.5 Å². The Labute approximate surface area is 208 Å². The summed E-state index contributed by atoms with van der Waals surface area (Å²) in [5, 5.41) is 11.6. The van der Waals surface area contributed by atoms with Crippen LogP contribution in [0.3, 0.4) is 0 Å². The van der Waals surface area contributed by atoms with Crippen LogP contribution in [0.4, 0.5) is 10.5 Å². The van der Waals surface area contributed by atoms with Gasteiger partial charge in [-0.3, -0.25) is 15.1 Å². The van der Waals surface area contributed by atoms with Gasteiger partial charge in [-0.2, -0.15) is 0 Å². The highest BCUT2D eigenvalue weighted by molar-refractivity contribution is 5.88. The van der Waals surface area contributed by atoms with E-state index in [1.165, 1.54) is 12.1 Å². The minimum Gasteiger partial charge on any atom is -0.493 e. The Morgan fingerprint density at radius 3 is 2.36 bits per heavy atom. The fourth-order valence-electron chi connectivity index (χ4n) is 3.89. The molecule has 0 N–H and O–H groups in total. The highest BCUT2D eigenvalue weighted by Gasteiger charge is 2.28. The van der Waals surface area contributed by atoms with E-state index in [4.69, 9.17) is 18.9 Å². The van der Waals surface area contributed by atoms with Gasteiger partial charge >= 0.3 is 6.09 Å². The number of benzene rings is 2. The first-order valence-corrected chi connectivity index (χ1v) is 11.7. The van der Waals surface area contributed by atoms with Crippen LogP contribution in [-0.4, -0.2) is 52.8 Å². The Morgan fingerprint density at radius 1 is 1.06 bits per heavy atom. The van der Waals surface area contributed by atoms with Crippen LogP contribution >= 0.6 is 0 Å². The molecule has 1 aromatic heterocycles. The maximum Gasteiger partial charge on any atom is 0.410 e. The Bertz CT molecular complexity index is 1250. The second-order valence-electron chi connectivity index (χ2n) is 9.47. The van der Waals surface area contributed by atoms with E-state index >= 15 is 0 Å². The van der Waals surface area contributed by atoms with E-state index in [9.17, 15) is 14.9 Å². The van der Waals surface area contributed by atoms with Crippen molar-refractivity contribution in [3.63, 3.8) is 0 Å². The molecule has 0 aliphatic carbocycles. The molecule has 36 heavy (non-hydrogen) atoms. The van der Waals surface area contributed by atoms with Crippen molar-refractivity contribution < 1.29 is 28.7 Å². The Morgan fingerprint density at radius 2 is 1.75 bits per heavy atom. The van der Waals surface area contributed by atoms with Gasteiger partial charge in [-0.25, -0.2) is 4.79 Å². The second-order valence-corrected chi connectivity index (χ2v) is 9.47. The number of non-ortho nitro benzene ring substituents is 1. The summed E-state index contributed by atoms with van der Waals surface area (Å²) < 4.78 is 23.3. The summed E-state index contributed by atoms with van der Waals surface area (Å²) in [4.78, 5) is 28.9. The molecule has 1 fully saturated rings. The first-order chi connectivity index (χ1) is 17.1. The van der Waals surface area contributed by atoms with Gasteiger partial charge in [0.2, 0.25) is 0 Å². The predicted octanol–water partition coefficient (Wildman–Crippen LogP) is 5.72. The number of amides is 1. The van der Waals surface area contributed by atoms with Gasteiger partial charge in [0.1, 0.15) is 23.2 Å². The number of methoxy groups -OCH3 is 1. The lowest BCUT2D eigenvalue weighted by atomic mass is 10.1. The van der Waals surface area contributed by atoms with Gasteiger partial charge in [0, 0.05) is 55.7 Å². The van der Waals surface area contributed by atoms with Crippen molar-refractivity contribution in [1.82, 2.24) is 9.88 Å². The number of rotatable bonds is 6. The Kier molecular flexibility index (Phi) is 7.14. The molecule has 1 aliphatic heterocycles. The number of fused-ring (bicyclic) bond motifs is 1. The zero-order valence-electron chi connectivity index (χ0n) is 20.7. The molecule has 10 nitrogen and oxygen atoms in total. The molecular weight excluding hydrogens is 466 g/mol. The summed E-state index contributed by atoms with van der Waals surface area (Å²) in [7, 11) is 1.56. The average molecular weight is 496 g/mol. The number of nitrogens with zero attached hydrogens (tertiary/aromatic N) is 3. The monoisotopic (exact) mass is 495 g/mol. The molecule has 2 heterocycles. The normalized spacial score (nSPS) is 14.4. The van der Waals surface area contributed by atoms with E-state index in [1.807, 2.05) is 20.8 Å². The molecule has 1 saturated heterocycles. The van der Waals surface area contributed by atoms with Crippen LogP contribution in [0.15, 0.2) is 48.7 Å². The van der Waals surface area contributed by atoms with E-state index < -0.39 is 10.5 Å². The van der Waals surface area contributed by atoms with Crippen LogP contribution < -0.4 is 14.2 Å². The lowest BCUT2D eigenvalue weighted by Crippen LogP contribution is -2.44. The molecule has 2 aromatic carbocycles. The van der Waals surface area contributed by atoms with Crippen LogP contribution in [0.2, 0.25) is 0 Å². The zero-order chi connectivity index (χ0) is 25.9. The molecule has 190 valence electrons. The van der Waals surface area contributed by atoms with Gasteiger partial charge in [-0.15, -0.1) is 0 Å². The summed E-state index contributed by atoms with van der Waals surface area (Å²) in [5.41, 5.74) is 0.107. The SMILES string of the molecule is COc1cc2c(Oc3ccc([N+](=O)[O-])cc3)ccnc2cc1OC1CCN(C(=O)OC(C)(C)C)CC1. The van der Waals surface area contributed by atoms with Crippen molar-refractivity contribution >= 4 is 22.7 Å². The van der Waals surface area contributed by atoms with Crippen molar-refractivity contribution in [3.8, 4) is 23.0 Å². The van der Waals surface area contributed by atoms with Gasteiger partial charge < -0.3 is 23.8 Å². The second kappa shape index (κ2) is 10.3. The maximum atomic E-state index is 12.3. The minimum absolute atomic E-state index is 0.0117. The number of pyridine rings is 1. The molecular formula is C26H29N3O7. The molecule has 3 aromatic rings. The third-order valence-electron chi connectivity index (χ3n) is 5.65. The smallest absolute Gasteiger partial charge is 0.410 e. The zero-order valence-corrected chi connectivity index (χ0v) is 20.7. The van der Waals surface area contributed by atoms with Crippen LogP contribution in [-0.2, 0) is 4.74 Å². The molecule has 1 aliphatic rings. The largest absolute Gasteiger partial charge is 0.493 e. The molecule has 10 heteroatoms. The topological polar surface area (TPSA) is 113 Å². The number of carbonyl (C=O) groups is 1. The Balaban J connectivity index is 1.48. The average Bonchev–Trinajstić information content (AvgIpc) is 2.83. The summed E-state index contributed by atoms with van der Waals surface area (Å²) in [6.07, 6.45) is 2.55. The predicted molar refractivity (Wildman–Crippen MR) is 133 cm³/mol. The van der Waals surface area contributed by atoms with Crippen LogP contribution in [0, 0.1) is 10.1 Å². The lowest BCUT2D eigenvalue weighted by molar-refractivity contribution is -0.384. The lowest BCUT2D eigenvalue weighted by Gasteiger charge is -2.33. The van der Waals surface area contributed by atoms with E-state index in [2.05, 4.69) is 4.98 Å². The van der Waals surface area contributed by atoms with Crippen LogP contribution in [0.25, 0.3) is 10.9 Å². The Hall–Kier alpha value is -4.08. The quantitative estimate of drug-likeness (QED) is 0.315. The molecule has 1 amide bonds. The number of nitro groups is 1. The molecule has 0 atom stereocenters. The van der Waals surface area contributed by atoms with Crippen molar-refractivity contribution in [2.24, 2.45) is 0 Å². The molecule has 0 spiro atoms. The fraction of sp³-hybridized carbons (Fsp3) is 0.385. The first-order valence-electron chi connectivity index (χ1n) is 11.7. The number of aromatic nitrogens is 1. The number of nitro benzene ring substituents is 1. The van der Waals surface area contributed by atoms with Gasteiger partial charge in [-0.05, 0) is 45.0 Å². The maximum absolute atomic E-state index is 12.3. The van der Waals surface area contributed by atoms with E-state index in [1.54, 1.807) is 48.5 Å². The van der Waals surface area contributed by atoms with Crippen molar-refractivity contribution in [2.75, 3.05) is 20.2 Å². The third kappa shape index (κ3) is 5.94. The van der Waals surface area contributed by atoms with E-state index in [-0.39, 0.29) is 17.9 Å². The van der Waals surface area contributed by atoms with Gasteiger partial charge in [0.15, 0.2) is 11.5 Å². The van der Waals surface area contributed by atoms with Gasteiger partial charge in [-0.1, -0.05) is 0 Å². The molecule has 0 unspecified atom stereocenters. The summed E-state index contributed by atoms with van der Waals surface area (Å²) in [6, 6.07) is 11.2. The third-order valence-corrected chi connectivity index (χ3v) is 5.65. The molecule has 0 radical (unpaired) electrons. The van der Waals surface area contributed by atoms with Crippen molar-refractivity contribution in [3.05, 3.63) is 58.8 Å². The molecule has 0 saturated carbocycles. The number of carbonyl (C=O) groups excluding carboxylic acids is 1. The van der Waals surface area contributed by atoms with Crippen molar-refractivity contribution in [1.29, 1.82) is 0 Å².